The Morgan fingerprint density at radius 1 is 1.07 bits per heavy atom. The zero-order valence-corrected chi connectivity index (χ0v) is 8.95. The second-order valence-electron chi connectivity index (χ2n) is 5.42. The molecule has 2 bridgehead atoms. The van der Waals surface area contributed by atoms with Crippen molar-refractivity contribution in [3.63, 3.8) is 0 Å². The van der Waals surface area contributed by atoms with Crippen LogP contribution in [0.4, 0.5) is 0 Å². The van der Waals surface area contributed by atoms with Crippen molar-refractivity contribution in [3.8, 4) is 0 Å². The van der Waals surface area contributed by atoms with Gasteiger partial charge >= 0.3 is 0 Å². The largest absolute Gasteiger partial charge is 0.0628 e. The first-order valence-electron chi connectivity index (χ1n) is 6.21. The van der Waals surface area contributed by atoms with Gasteiger partial charge in [-0.15, -0.1) is 0 Å². The molecule has 3 atom stereocenters. The summed E-state index contributed by atoms with van der Waals surface area (Å²) in [5.41, 5.74) is 4.88. The van der Waals surface area contributed by atoms with Crippen LogP contribution in [0.1, 0.15) is 30.4 Å². The van der Waals surface area contributed by atoms with E-state index < -0.39 is 0 Å². The maximum atomic E-state index is 2.51. The normalized spacial score (nSPS) is 36.0. The molecule has 15 heavy (non-hydrogen) atoms. The summed E-state index contributed by atoms with van der Waals surface area (Å²) in [6.45, 7) is 0. The van der Waals surface area contributed by atoms with Gasteiger partial charge in [-0.3, -0.25) is 0 Å². The molecule has 3 aliphatic carbocycles. The van der Waals surface area contributed by atoms with Gasteiger partial charge in [-0.25, -0.2) is 0 Å². The standard InChI is InChI=1S/C15H16/c1-2-4-11-9-15-13-6-5-12(7-13)14(15)8-10(11)3-1/h1-4,8,12-13,15H,5-7,9H2. The Kier molecular flexibility index (Phi) is 1.49. The highest BCUT2D eigenvalue weighted by molar-refractivity contribution is 5.62. The van der Waals surface area contributed by atoms with Gasteiger partial charge in [0.2, 0.25) is 0 Å². The molecule has 0 amide bonds. The molecule has 0 saturated heterocycles. The van der Waals surface area contributed by atoms with Gasteiger partial charge in [-0.2, -0.15) is 0 Å². The lowest BCUT2D eigenvalue weighted by molar-refractivity contribution is 0.402. The van der Waals surface area contributed by atoms with Crippen LogP contribution in [0.25, 0.3) is 6.08 Å². The Morgan fingerprint density at radius 2 is 2.00 bits per heavy atom. The average molecular weight is 196 g/mol. The molecule has 4 rings (SSSR count). The number of fused-ring (bicyclic) bond motifs is 6. The zero-order chi connectivity index (χ0) is 9.83. The van der Waals surface area contributed by atoms with Crippen molar-refractivity contribution >= 4 is 6.08 Å². The highest BCUT2D eigenvalue weighted by Crippen LogP contribution is 2.55. The second kappa shape index (κ2) is 2.75. The van der Waals surface area contributed by atoms with E-state index in [1.54, 1.807) is 11.1 Å². The Bertz CT molecular complexity index is 441. The minimum atomic E-state index is 0.915. The average Bonchev–Trinajstić information content (AvgIpc) is 2.87. The van der Waals surface area contributed by atoms with Gasteiger partial charge < -0.3 is 0 Å². The molecular formula is C15H16. The van der Waals surface area contributed by atoms with E-state index in [2.05, 4.69) is 30.3 Å². The third kappa shape index (κ3) is 1.03. The highest BCUT2D eigenvalue weighted by atomic mass is 14.5. The lowest BCUT2D eigenvalue weighted by Gasteiger charge is -2.29. The fourth-order valence-electron chi connectivity index (χ4n) is 4.05. The predicted molar refractivity (Wildman–Crippen MR) is 62.4 cm³/mol. The number of hydrogen-bond donors (Lipinski definition) is 0. The van der Waals surface area contributed by atoms with Gasteiger partial charge in [0.05, 0.1) is 0 Å². The van der Waals surface area contributed by atoms with Crippen molar-refractivity contribution in [3.05, 3.63) is 41.0 Å². The van der Waals surface area contributed by atoms with Crippen LogP contribution in [0.5, 0.6) is 0 Å². The van der Waals surface area contributed by atoms with Gasteiger partial charge in [-0.05, 0) is 54.6 Å². The predicted octanol–water partition coefficient (Wildman–Crippen LogP) is 3.67. The Hall–Kier alpha value is -1.04. The van der Waals surface area contributed by atoms with Crippen molar-refractivity contribution in [1.82, 2.24) is 0 Å². The van der Waals surface area contributed by atoms with E-state index in [1.165, 1.54) is 31.2 Å². The Labute approximate surface area is 91.0 Å². The topological polar surface area (TPSA) is 0 Å². The van der Waals surface area contributed by atoms with Crippen LogP contribution in [0.3, 0.4) is 0 Å². The van der Waals surface area contributed by atoms with Crippen LogP contribution in [-0.4, -0.2) is 0 Å². The first-order valence-corrected chi connectivity index (χ1v) is 6.21. The molecule has 0 N–H and O–H groups in total. The van der Waals surface area contributed by atoms with Crippen LogP contribution < -0.4 is 0 Å². The molecule has 0 nitrogen and oxygen atoms in total. The van der Waals surface area contributed by atoms with Crippen LogP contribution in [0, 0.1) is 17.8 Å². The lowest BCUT2D eigenvalue weighted by atomic mass is 9.75. The van der Waals surface area contributed by atoms with Crippen LogP contribution >= 0.6 is 0 Å². The van der Waals surface area contributed by atoms with E-state index in [0.29, 0.717) is 0 Å². The van der Waals surface area contributed by atoms with Gasteiger partial charge in [0, 0.05) is 0 Å². The molecule has 0 radical (unpaired) electrons. The molecular weight excluding hydrogens is 180 g/mol. The molecule has 0 heteroatoms. The molecule has 0 aromatic heterocycles. The molecule has 0 aliphatic heterocycles. The minimum Gasteiger partial charge on any atom is -0.0628 e. The first-order chi connectivity index (χ1) is 7.42. The molecule has 0 spiro atoms. The molecule has 1 aromatic carbocycles. The molecule has 3 aliphatic rings. The van der Waals surface area contributed by atoms with E-state index in [0.717, 1.165) is 17.8 Å². The van der Waals surface area contributed by atoms with E-state index in [4.69, 9.17) is 0 Å². The molecule has 2 saturated carbocycles. The summed E-state index contributed by atoms with van der Waals surface area (Å²) in [4.78, 5) is 0. The number of allylic oxidation sites excluding steroid dienone is 1. The van der Waals surface area contributed by atoms with Gasteiger partial charge in [0.1, 0.15) is 0 Å². The SMILES string of the molecule is C1=C2C3CCC(C3)C2Cc2ccccc21. The fraction of sp³-hybridized carbons (Fsp3) is 0.467. The molecule has 1 aromatic rings. The third-order valence-electron chi connectivity index (χ3n) is 4.76. The number of benzene rings is 1. The van der Waals surface area contributed by atoms with Crippen molar-refractivity contribution in [2.75, 3.05) is 0 Å². The Morgan fingerprint density at radius 3 is 3.00 bits per heavy atom. The smallest absolute Gasteiger partial charge is 0.0128 e. The van der Waals surface area contributed by atoms with E-state index in [9.17, 15) is 0 Å². The van der Waals surface area contributed by atoms with Gasteiger partial charge in [0.15, 0.2) is 0 Å². The van der Waals surface area contributed by atoms with Crippen molar-refractivity contribution in [2.45, 2.75) is 25.7 Å². The van der Waals surface area contributed by atoms with Gasteiger partial charge in [0.25, 0.3) is 0 Å². The summed E-state index contributed by atoms with van der Waals surface area (Å²) in [7, 11) is 0. The highest BCUT2D eigenvalue weighted by Gasteiger charge is 2.44. The van der Waals surface area contributed by atoms with Crippen LogP contribution in [-0.2, 0) is 6.42 Å². The molecule has 76 valence electrons. The quantitative estimate of drug-likeness (QED) is 0.594. The first kappa shape index (κ1) is 8.15. The maximum absolute atomic E-state index is 2.51. The number of rotatable bonds is 0. The third-order valence-corrected chi connectivity index (χ3v) is 4.76. The van der Waals surface area contributed by atoms with Crippen LogP contribution in [0.2, 0.25) is 0 Å². The van der Waals surface area contributed by atoms with Crippen molar-refractivity contribution in [2.24, 2.45) is 17.8 Å². The van der Waals surface area contributed by atoms with Crippen LogP contribution in [0.15, 0.2) is 29.8 Å². The van der Waals surface area contributed by atoms with E-state index in [1.807, 2.05) is 0 Å². The summed E-state index contributed by atoms with van der Waals surface area (Å²) >= 11 is 0. The molecule has 2 fully saturated rings. The second-order valence-corrected chi connectivity index (χ2v) is 5.42. The summed E-state index contributed by atoms with van der Waals surface area (Å²) in [5.74, 6) is 2.89. The van der Waals surface area contributed by atoms with E-state index >= 15 is 0 Å². The van der Waals surface area contributed by atoms with Crippen molar-refractivity contribution in [1.29, 1.82) is 0 Å². The molecule has 3 unspecified atom stereocenters. The summed E-state index contributed by atoms with van der Waals surface area (Å²) < 4.78 is 0. The fourth-order valence-corrected chi connectivity index (χ4v) is 4.05. The number of hydrogen-bond acceptors (Lipinski definition) is 0. The monoisotopic (exact) mass is 196 g/mol. The summed E-state index contributed by atoms with van der Waals surface area (Å²) in [5, 5.41) is 0. The zero-order valence-electron chi connectivity index (χ0n) is 8.95. The van der Waals surface area contributed by atoms with Gasteiger partial charge in [-0.1, -0.05) is 35.9 Å². The molecule has 0 heterocycles. The lowest BCUT2D eigenvalue weighted by Crippen LogP contribution is -2.19. The summed E-state index contributed by atoms with van der Waals surface area (Å²) in [6, 6.07) is 8.95. The minimum absolute atomic E-state index is 0.915. The Balaban J connectivity index is 1.86. The summed E-state index contributed by atoms with van der Waals surface area (Å²) in [6.07, 6.45) is 8.28. The maximum Gasteiger partial charge on any atom is -0.0128 e. The van der Waals surface area contributed by atoms with Crippen molar-refractivity contribution < 1.29 is 0 Å². The van der Waals surface area contributed by atoms with E-state index in [-0.39, 0.29) is 0 Å².